The van der Waals surface area contributed by atoms with Crippen LogP contribution in [0.25, 0.3) is 0 Å². The number of carbonyl (C=O) groups excluding carboxylic acids is 4. The third kappa shape index (κ3) is 3.36. The van der Waals surface area contributed by atoms with E-state index in [-0.39, 0.29) is 24.1 Å². The van der Waals surface area contributed by atoms with E-state index in [2.05, 4.69) is 0 Å². The van der Waals surface area contributed by atoms with Crippen LogP contribution in [0.3, 0.4) is 0 Å². The zero-order chi connectivity index (χ0) is 20.8. The monoisotopic (exact) mass is 409 g/mol. The minimum Gasteiger partial charge on any atom is -0.344 e. The summed E-state index contributed by atoms with van der Waals surface area (Å²) < 4.78 is 25.4. The minimum absolute atomic E-state index is 0.0283. The molecule has 0 saturated carbocycles. The number of hydrogen-bond acceptors (Lipinski definition) is 6. The van der Waals surface area contributed by atoms with Crippen molar-refractivity contribution in [3.63, 3.8) is 0 Å². The lowest BCUT2D eigenvalue weighted by Crippen LogP contribution is -2.37. The van der Waals surface area contributed by atoms with E-state index in [1.54, 1.807) is 26.8 Å². The molecule has 0 spiro atoms. The molecule has 152 valence electrons. The lowest BCUT2D eigenvalue weighted by Gasteiger charge is -2.17. The Hall–Kier alpha value is -2.49. The molecule has 0 radical (unpaired) electrons. The molecule has 9 nitrogen and oxygen atoms in total. The summed E-state index contributed by atoms with van der Waals surface area (Å²) in [4.78, 5) is 50.6. The Labute approximate surface area is 163 Å². The molecule has 10 heteroatoms. The fourth-order valence-electron chi connectivity index (χ4n) is 3.94. The summed E-state index contributed by atoms with van der Waals surface area (Å²) in [6.07, 6.45) is 0.994. The van der Waals surface area contributed by atoms with Gasteiger partial charge in [-0.05, 0) is 32.8 Å². The van der Waals surface area contributed by atoms with E-state index in [1.807, 2.05) is 4.57 Å². The Morgan fingerprint density at radius 2 is 1.79 bits per heavy atom. The highest BCUT2D eigenvalue weighted by atomic mass is 32.2. The van der Waals surface area contributed by atoms with Crippen LogP contribution in [0, 0.1) is 13.8 Å². The number of sulfone groups is 1. The van der Waals surface area contributed by atoms with E-state index >= 15 is 0 Å². The first-order valence-corrected chi connectivity index (χ1v) is 11.0. The van der Waals surface area contributed by atoms with Gasteiger partial charge in [-0.25, -0.2) is 18.1 Å². The lowest BCUT2D eigenvalue weighted by atomic mass is 10.1. The third-order valence-electron chi connectivity index (χ3n) is 5.24. The van der Waals surface area contributed by atoms with Gasteiger partial charge in [-0.3, -0.25) is 19.3 Å². The van der Waals surface area contributed by atoms with E-state index in [9.17, 15) is 27.6 Å². The van der Waals surface area contributed by atoms with Gasteiger partial charge in [0.05, 0.1) is 18.1 Å². The van der Waals surface area contributed by atoms with Crippen molar-refractivity contribution >= 4 is 33.5 Å². The zero-order valence-corrected chi connectivity index (χ0v) is 16.9. The van der Waals surface area contributed by atoms with Crippen LogP contribution >= 0.6 is 0 Å². The van der Waals surface area contributed by atoms with Gasteiger partial charge < -0.3 is 4.57 Å². The first-order valence-electron chi connectivity index (χ1n) is 9.16. The third-order valence-corrected chi connectivity index (χ3v) is 6.99. The van der Waals surface area contributed by atoms with E-state index in [1.165, 1.54) is 0 Å². The average molecular weight is 409 g/mol. The highest BCUT2D eigenvalue weighted by molar-refractivity contribution is 7.91. The van der Waals surface area contributed by atoms with Gasteiger partial charge in [-0.1, -0.05) is 6.92 Å². The number of rotatable bonds is 6. The van der Waals surface area contributed by atoms with Crippen LogP contribution in [-0.2, 0) is 19.4 Å². The van der Waals surface area contributed by atoms with Gasteiger partial charge in [0.2, 0.25) is 0 Å². The van der Waals surface area contributed by atoms with Gasteiger partial charge >= 0.3 is 17.8 Å². The number of urea groups is 1. The largest absolute Gasteiger partial charge is 0.344 e. The van der Waals surface area contributed by atoms with Crippen LogP contribution in [0.2, 0.25) is 0 Å². The fraction of sp³-hybridized carbons (Fsp3) is 0.556. The maximum atomic E-state index is 12.8. The number of hydrogen-bond donors (Lipinski definition) is 0. The normalized spacial score (nSPS) is 21.8. The SMILES string of the molecule is CCCN1C(=O)C(=O)N(CC(=O)c2cc(C)n([C@H]3CCS(=O)(=O)C3)c2C)C1=O. The Morgan fingerprint density at radius 1 is 1.14 bits per heavy atom. The van der Waals surface area contributed by atoms with Crippen LogP contribution in [0.5, 0.6) is 0 Å². The van der Waals surface area contributed by atoms with Crippen LogP contribution in [0.1, 0.15) is 47.6 Å². The Balaban J connectivity index is 1.83. The first-order chi connectivity index (χ1) is 13.1. The van der Waals surface area contributed by atoms with Gasteiger partial charge in [0.1, 0.15) is 0 Å². The maximum Gasteiger partial charge on any atom is 0.334 e. The molecule has 0 unspecified atom stereocenters. The molecule has 2 saturated heterocycles. The molecule has 3 rings (SSSR count). The quantitative estimate of drug-likeness (QED) is 0.391. The number of carbonyl (C=O) groups is 4. The highest BCUT2D eigenvalue weighted by Crippen LogP contribution is 2.29. The summed E-state index contributed by atoms with van der Waals surface area (Å²) in [5.74, 6) is -2.23. The Bertz CT molecular complexity index is 978. The van der Waals surface area contributed by atoms with E-state index in [0.717, 1.165) is 10.6 Å². The molecule has 1 aromatic rings. The van der Waals surface area contributed by atoms with Gasteiger partial charge in [0.15, 0.2) is 15.6 Å². The topological polar surface area (TPSA) is 114 Å². The van der Waals surface area contributed by atoms with Crippen LogP contribution in [0.4, 0.5) is 4.79 Å². The van der Waals surface area contributed by atoms with Gasteiger partial charge in [0, 0.05) is 29.5 Å². The number of aryl methyl sites for hydroxylation is 1. The predicted molar refractivity (Wildman–Crippen MR) is 99.7 cm³/mol. The molecule has 2 aliphatic rings. The van der Waals surface area contributed by atoms with Gasteiger partial charge in [-0.2, -0.15) is 0 Å². The standard InChI is InChI=1S/C18H23N3O6S/c1-4-6-19-16(23)17(24)20(18(19)25)9-15(22)14-8-11(2)21(12(14)3)13-5-7-28(26,27)10-13/h8,13H,4-7,9-10H2,1-3H3/t13-/m0/s1. The molecular weight excluding hydrogens is 386 g/mol. The van der Waals surface area contributed by atoms with E-state index < -0.39 is 40.0 Å². The molecule has 28 heavy (non-hydrogen) atoms. The summed E-state index contributed by atoms with van der Waals surface area (Å²) in [5, 5.41) is 0. The molecule has 2 aliphatic heterocycles. The second kappa shape index (κ2) is 7.16. The molecule has 0 aromatic carbocycles. The summed E-state index contributed by atoms with van der Waals surface area (Å²) >= 11 is 0. The number of aromatic nitrogens is 1. The fourth-order valence-corrected chi connectivity index (χ4v) is 5.64. The minimum atomic E-state index is -3.09. The van der Waals surface area contributed by atoms with Crippen LogP contribution in [-0.4, -0.2) is 71.0 Å². The highest BCUT2D eigenvalue weighted by Gasteiger charge is 2.45. The number of nitrogens with zero attached hydrogens (tertiary/aromatic N) is 3. The second-order valence-corrected chi connectivity index (χ2v) is 9.49. The Morgan fingerprint density at radius 3 is 2.36 bits per heavy atom. The molecule has 1 aromatic heterocycles. The number of amides is 4. The number of Topliss-reactive ketones (excluding diaryl/α,β-unsaturated/α-hetero) is 1. The summed E-state index contributed by atoms with van der Waals surface area (Å²) in [6.45, 7) is 4.88. The maximum absolute atomic E-state index is 12.8. The average Bonchev–Trinajstić information content (AvgIpc) is 3.19. The van der Waals surface area contributed by atoms with Crippen molar-refractivity contribution in [3.8, 4) is 0 Å². The zero-order valence-electron chi connectivity index (χ0n) is 16.1. The second-order valence-electron chi connectivity index (χ2n) is 7.27. The summed E-state index contributed by atoms with van der Waals surface area (Å²) in [5.41, 5.74) is 1.66. The lowest BCUT2D eigenvalue weighted by molar-refractivity contribution is -0.143. The molecule has 3 heterocycles. The van der Waals surface area contributed by atoms with E-state index in [0.29, 0.717) is 29.0 Å². The molecule has 0 bridgehead atoms. The van der Waals surface area contributed by atoms with Gasteiger partial charge in [0.25, 0.3) is 0 Å². The molecular formula is C18H23N3O6S. The molecule has 1 atom stereocenters. The smallest absolute Gasteiger partial charge is 0.334 e. The molecule has 0 aliphatic carbocycles. The Kier molecular flexibility index (Phi) is 5.18. The van der Waals surface area contributed by atoms with Crippen molar-refractivity contribution in [1.29, 1.82) is 0 Å². The molecule has 2 fully saturated rings. The van der Waals surface area contributed by atoms with Crippen molar-refractivity contribution < 1.29 is 27.6 Å². The summed E-state index contributed by atoms with van der Waals surface area (Å²) in [6, 6.07) is 0.628. The van der Waals surface area contributed by atoms with Crippen molar-refractivity contribution in [2.45, 2.75) is 39.7 Å². The number of ketones is 1. The first kappa shape index (κ1) is 20.2. The number of imide groups is 2. The van der Waals surface area contributed by atoms with E-state index in [4.69, 9.17) is 0 Å². The van der Waals surface area contributed by atoms with Gasteiger partial charge in [-0.15, -0.1) is 0 Å². The van der Waals surface area contributed by atoms with Crippen molar-refractivity contribution in [1.82, 2.24) is 14.4 Å². The molecule has 0 N–H and O–H groups in total. The van der Waals surface area contributed by atoms with Crippen molar-refractivity contribution in [3.05, 3.63) is 23.0 Å². The molecule has 4 amide bonds. The predicted octanol–water partition coefficient (Wildman–Crippen LogP) is 0.848. The van der Waals surface area contributed by atoms with Crippen molar-refractivity contribution in [2.24, 2.45) is 0 Å². The summed E-state index contributed by atoms with van der Waals surface area (Å²) in [7, 11) is -3.09. The van der Waals surface area contributed by atoms with Crippen LogP contribution < -0.4 is 0 Å². The van der Waals surface area contributed by atoms with Crippen molar-refractivity contribution in [2.75, 3.05) is 24.6 Å². The van der Waals surface area contributed by atoms with Crippen LogP contribution in [0.15, 0.2) is 6.07 Å².